The lowest BCUT2D eigenvalue weighted by atomic mass is 9.80. The van der Waals surface area contributed by atoms with E-state index >= 15 is 0 Å². The maximum atomic E-state index is 14.8. The van der Waals surface area contributed by atoms with Crippen molar-refractivity contribution in [2.45, 2.75) is 42.5 Å². The minimum atomic E-state index is -4.52. The number of benzene rings is 2. The second-order valence-electron chi connectivity index (χ2n) is 6.88. The normalized spacial score (nSPS) is 23.0. The molecule has 0 spiro atoms. The average molecular weight is 418 g/mol. The first-order chi connectivity index (χ1) is 13.1. The van der Waals surface area contributed by atoms with Gasteiger partial charge in [-0.15, -0.1) is 0 Å². The van der Waals surface area contributed by atoms with Gasteiger partial charge >= 0.3 is 6.18 Å². The predicted octanol–water partition coefficient (Wildman–Crippen LogP) is 5.82. The van der Waals surface area contributed by atoms with Crippen molar-refractivity contribution in [3.05, 3.63) is 59.2 Å². The van der Waals surface area contributed by atoms with E-state index in [0.717, 1.165) is 36.4 Å². The lowest BCUT2D eigenvalue weighted by Gasteiger charge is -2.43. The first kappa shape index (κ1) is 20.8. The van der Waals surface area contributed by atoms with Crippen LogP contribution < -0.4 is 4.74 Å². The maximum absolute atomic E-state index is 14.8. The summed E-state index contributed by atoms with van der Waals surface area (Å²) in [4.78, 5) is 0.129. The molecule has 1 aliphatic heterocycles. The van der Waals surface area contributed by atoms with Crippen LogP contribution in [0.4, 0.5) is 22.0 Å². The molecular weight excluding hydrogens is 399 g/mol. The average Bonchev–Trinajstić information content (AvgIpc) is 2.65. The molecule has 8 heteroatoms. The third kappa shape index (κ3) is 3.32. The Hall–Kier alpha value is -1.96. The van der Waals surface area contributed by atoms with Gasteiger partial charge in [0.15, 0.2) is 11.6 Å². The molecule has 2 aromatic carbocycles. The fourth-order valence-electron chi connectivity index (χ4n) is 3.75. The number of halogens is 5. The van der Waals surface area contributed by atoms with Crippen LogP contribution in [0.3, 0.4) is 0 Å². The van der Waals surface area contributed by atoms with Crippen LogP contribution in [-0.2, 0) is 21.7 Å². The molecular formula is C20H19F5O2S. The van der Waals surface area contributed by atoms with Crippen LogP contribution in [0.2, 0.25) is 0 Å². The third-order valence-corrected chi connectivity index (χ3v) is 7.28. The Balaban J connectivity index is 2.18. The molecule has 2 aromatic rings. The smallest absolute Gasteiger partial charge is 0.416 e. The largest absolute Gasteiger partial charge is 0.490 e. The van der Waals surface area contributed by atoms with Crippen molar-refractivity contribution in [2.75, 3.05) is 6.61 Å². The zero-order chi connectivity index (χ0) is 20.7. The fourth-order valence-corrected chi connectivity index (χ4v) is 5.75. The highest BCUT2D eigenvalue weighted by Gasteiger charge is 2.51. The predicted molar refractivity (Wildman–Crippen MR) is 95.5 cm³/mol. The van der Waals surface area contributed by atoms with Crippen molar-refractivity contribution in [3.8, 4) is 5.75 Å². The maximum Gasteiger partial charge on any atom is 0.416 e. The van der Waals surface area contributed by atoms with Crippen LogP contribution in [0.25, 0.3) is 0 Å². The van der Waals surface area contributed by atoms with E-state index in [4.69, 9.17) is 4.74 Å². The lowest BCUT2D eigenvalue weighted by molar-refractivity contribution is -0.137. The fraction of sp³-hybridized carbons (Fsp3) is 0.400. The molecule has 28 heavy (non-hydrogen) atoms. The van der Waals surface area contributed by atoms with E-state index in [1.54, 1.807) is 6.92 Å². The summed E-state index contributed by atoms with van der Waals surface area (Å²) < 4.78 is 85.3. The molecule has 152 valence electrons. The van der Waals surface area contributed by atoms with Crippen molar-refractivity contribution in [1.82, 2.24) is 0 Å². The molecule has 0 saturated carbocycles. The van der Waals surface area contributed by atoms with Gasteiger partial charge in [0, 0.05) is 10.8 Å². The minimum Gasteiger partial charge on any atom is -0.490 e. The zero-order valence-electron chi connectivity index (χ0n) is 15.3. The number of hydrogen-bond donors (Lipinski definition) is 0. The van der Waals surface area contributed by atoms with Crippen molar-refractivity contribution < 1.29 is 30.9 Å². The van der Waals surface area contributed by atoms with Crippen LogP contribution in [0.1, 0.15) is 37.8 Å². The molecule has 0 N–H and O–H groups in total. The van der Waals surface area contributed by atoms with Crippen LogP contribution in [-0.4, -0.2) is 10.8 Å². The standard InChI is InChI=1S/C20H19F5O2S/c1-3-10-19(28(26)14-6-4-13(5-7-14)20(23,24)25)12(2)11-27-18-16(22)9-8-15(21)17(18)19/h4-9,12H,3,10-11H2,1-2H3/t12?,19-,28?/m0/s1. The van der Waals surface area contributed by atoms with Gasteiger partial charge in [-0.1, -0.05) is 20.3 Å². The summed E-state index contributed by atoms with van der Waals surface area (Å²) >= 11 is 0. The summed E-state index contributed by atoms with van der Waals surface area (Å²) in [7, 11) is -1.93. The number of fused-ring (bicyclic) bond motifs is 1. The van der Waals surface area contributed by atoms with Gasteiger partial charge in [0.2, 0.25) is 0 Å². The van der Waals surface area contributed by atoms with E-state index in [0.29, 0.717) is 6.42 Å². The molecule has 0 bridgehead atoms. The Morgan fingerprint density at radius 2 is 1.71 bits per heavy atom. The number of rotatable bonds is 4. The van der Waals surface area contributed by atoms with Crippen LogP contribution in [0.5, 0.6) is 5.75 Å². The summed E-state index contributed by atoms with van der Waals surface area (Å²) in [5, 5.41) is 0. The van der Waals surface area contributed by atoms with E-state index < -0.39 is 44.8 Å². The van der Waals surface area contributed by atoms with E-state index in [9.17, 15) is 26.2 Å². The molecule has 2 nitrogen and oxygen atoms in total. The molecule has 0 aromatic heterocycles. The van der Waals surface area contributed by atoms with Gasteiger partial charge in [-0.3, -0.25) is 4.21 Å². The first-order valence-electron chi connectivity index (χ1n) is 8.83. The van der Waals surface area contributed by atoms with Crippen LogP contribution in [0.15, 0.2) is 41.3 Å². The highest BCUT2D eigenvalue weighted by Crippen LogP contribution is 2.51. The highest BCUT2D eigenvalue weighted by atomic mass is 32.2. The molecule has 2 unspecified atom stereocenters. The Kier molecular flexibility index (Phi) is 5.53. The van der Waals surface area contributed by atoms with E-state index in [2.05, 4.69) is 0 Å². The van der Waals surface area contributed by atoms with E-state index in [1.807, 2.05) is 6.92 Å². The summed E-state index contributed by atoms with van der Waals surface area (Å²) in [6, 6.07) is 5.87. The highest BCUT2D eigenvalue weighted by molar-refractivity contribution is 7.86. The van der Waals surface area contributed by atoms with Gasteiger partial charge in [0.05, 0.1) is 33.3 Å². The van der Waals surface area contributed by atoms with Crippen molar-refractivity contribution in [2.24, 2.45) is 5.92 Å². The van der Waals surface area contributed by atoms with E-state index in [-0.39, 0.29) is 29.2 Å². The second kappa shape index (κ2) is 7.46. The van der Waals surface area contributed by atoms with Gasteiger partial charge < -0.3 is 4.74 Å². The van der Waals surface area contributed by atoms with Crippen LogP contribution >= 0.6 is 0 Å². The Morgan fingerprint density at radius 1 is 1.11 bits per heavy atom. The van der Waals surface area contributed by atoms with Crippen molar-refractivity contribution in [3.63, 3.8) is 0 Å². The zero-order valence-corrected chi connectivity index (χ0v) is 16.1. The number of hydrogen-bond acceptors (Lipinski definition) is 2. The van der Waals surface area contributed by atoms with Crippen molar-refractivity contribution >= 4 is 10.8 Å². The first-order valence-corrected chi connectivity index (χ1v) is 9.98. The van der Waals surface area contributed by atoms with Gasteiger partial charge in [-0.25, -0.2) is 8.78 Å². The molecule has 0 fully saturated rings. The summed E-state index contributed by atoms with van der Waals surface area (Å²) in [5.74, 6) is -2.21. The van der Waals surface area contributed by atoms with Crippen molar-refractivity contribution in [1.29, 1.82) is 0 Å². The summed E-state index contributed by atoms with van der Waals surface area (Å²) in [6.07, 6.45) is -3.74. The van der Waals surface area contributed by atoms with E-state index in [1.165, 1.54) is 0 Å². The molecule has 1 aliphatic rings. The number of alkyl halides is 3. The van der Waals surface area contributed by atoms with Gasteiger partial charge in [-0.2, -0.15) is 13.2 Å². The molecule has 3 atom stereocenters. The summed E-state index contributed by atoms with van der Waals surface area (Å²) in [6.45, 7) is 3.58. The Bertz CT molecular complexity index is 895. The molecule has 3 rings (SSSR count). The molecule has 1 heterocycles. The van der Waals surface area contributed by atoms with Gasteiger partial charge in [0.1, 0.15) is 5.82 Å². The Morgan fingerprint density at radius 3 is 2.29 bits per heavy atom. The van der Waals surface area contributed by atoms with Gasteiger partial charge in [0.25, 0.3) is 0 Å². The number of ether oxygens (including phenoxy) is 1. The molecule has 0 amide bonds. The Labute approximate surface area is 162 Å². The van der Waals surface area contributed by atoms with Crippen LogP contribution in [0, 0.1) is 17.6 Å². The minimum absolute atomic E-state index is 0.0275. The quantitative estimate of drug-likeness (QED) is 0.586. The molecule has 0 radical (unpaired) electrons. The SMILES string of the molecule is CCC[C@@]1(S(=O)c2ccc(C(F)(F)F)cc2)c2c(F)ccc(F)c2OCC1C. The second-order valence-corrected chi connectivity index (χ2v) is 8.61. The monoisotopic (exact) mass is 418 g/mol. The van der Waals surface area contributed by atoms with Gasteiger partial charge in [-0.05, 0) is 42.8 Å². The lowest BCUT2D eigenvalue weighted by Crippen LogP contribution is -2.45. The molecule has 0 aliphatic carbocycles. The molecule has 0 saturated heterocycles. The third-order valence-electron chi connectivity index (χ3n) is 5.10. The summed E-state index contributed by atoms with van der Waals surface area (Å²) in [5.41, 5.74) is -0.971. The topological polar surface area (TPSA) is 26.3 Å².